The predicted molar refractivity (Wildman–Crippen MR) is 90.1 cm³/mol. The Balaban J connectivity index is 1.63. The van der Waals surface area contributed by atoms with E-state index in [9.17, 15) is 0 Å². The molecule has 21 heavy (non-hydrogen) atoms. The van der Waals surface area contributed by atoms with E-state index in [1.807, 2.05) is 54.7 Å². The molecule has 0 aromatic heterocycles. The number of nitrogens with one attached hydrogen (secondary N) is 1. The van der Waals surface area contributed by atoms with Crippen molar-refractivity contribution in [3.63, 3.8) is 0 Å². The lowest BCUT2D eigenvalue weighted by Gasteiger charge is -2.00. The molecule has 0 atom stereocenters. The molecule has 0 radical (unpaired) electrons. The van der Waals surface area contributed by atoms with Gasteiger partial charge in [0.05, 0.1) is 5.69 Å². The van der Waals surface area contributed by atoms with E-state index in [2.05, 4.69) is 34.7 Å². The van der Waals surface area contributed by atoms with E-state index in [1.54, 1.807) is 0 Å². The van der Waals surface area contributed by atoms with Crippen molar-refractivity contribution in [1.82, 2.24) is 0 Å². The van der Waals surface area contributed by atoms with E-state index in [-0.39, 0.29) is 0 Å². The van der Waals surface area contributed by atoms with Crippen molar-refractivity contribution < 1.29 is 0 Å². The number of benzene rings is 2. The number of rotatable bonds is 4. The van der Waals surface area contributed by atoms with Gasteiger partial charge in [0.15, 0.2) is 0 Å². The molecule has 2 heteroatoms. The molecule has 0 unspecified atom stereocenters. The van der Waals surface area contributed by atoms with Crippen LogP contribution in [-0.2, 0) is 0 Å². The first-order chi connectivity index (χ1) is 10.4. The molecule has 1 N–H and O–H groups in total. The van der Waals surface area contributed by atoms with Crippen LogP contribution in [0.1, 0.15) is 12.8 Å². The van der Waals surface area contributed by atoms with Crippen molar-refractivity contribution >= 4 is 17.6 Å². The van der Waals surface area contributed by atoms with Crippen molar-refractivity contribution in [2.24, 2.45) is 4.99 Å². The smallest absolute Gasteiger partial charge is 0.0629 e. The highest BCUT2D eigenvalue weighted by molar-refractivity contribution is 5.83. The van der Waals surface area contributed by atoms with Gasteiger partial charge in [-0.05, 0) is 48.3 Å². The molecule has 104 valence electrons. The van der Waals surface area contributed by atoms with E-state index in [1.165, 1.54) is 11.1 Å². The second kappa shape index (κ2) is 6.71. The molecule has 0 fully saturated rings. The van der Waals surface area contributed by atoms with Crippen molar-refractivity contribution in [2.75, 3.05) is 5.32 Å². The Morgan fingerprint density at radius 2 is 1.57 bits per heavy atom. The monoisotopic (exact) mass is 274 g/mol. The van der Waals surface area contributed by atoms with E-state index in [0.29, 0.717) is 0 Å². The van der Waals surface area contributed by atoms with E-state index < -0.39 is 0 Å². The van der Waals surface area contributed by atoms with Gasteiger partial charge in [0.1, 0.15) is 0 Å². The molecule has 3 rings (SSSR count). The van der Waals surface area contributed by atoms with Crippen LogP contribution in [0.5, 0.6) is 0 Å². The zero-order valence-corrected chi connectivity index (χ0v) is 11.9. The minimum absolute atomic E-state index is 0.998. The zero-order chi connectivity index (χ0) is 14.3. The van der Waals surface area contributed by atoms with Gasteiger partial charge in [-0.15, -0.1) is 0 Å². The van der Waals surface area contributed by atoms with Crippen molar-refractivity contribution in [2.45, 2.75) is 12.8 Å². The normalized spacial score (nSPS) is 16.4. The summed E-state index contributed by atoms with van der Waals surface area (Å²) in [4.78, 5) is 4.50. The third-order valence-corrected chi connectivity index (χ3v) is 3.41. The van der Waals surface area contributed by atoms with Crippen LogP contribution < -0.4 is 5.32 Å². The molecule has 1 aliphatic rings. The average molecular weight is 274 g/mol. The average Bonchev–Trinajstić information content (AvgIpc) is 3.01. The number of hydrogen-bond donors (Lipinski definition) is 1. The van der Waals surface area contributed by atoms with Crippen LogP contribution in [0.3, 0.4) is 0 Å². The van der Waals surface area contributed by atoms with Crippen LogP contribution in [0.25, 0.3) is 0 Å². The zero-order valence-electron chi connectivity index (χ0n) is 11.9. The van der Waals surface area contributed by atoms with Gasteiger partial charge in [0.25, 0.3) is 0 Å². The fraction of sp³-hybridized carbons (Fsp3) is 0.105. The molecule has 0 aliphatic heterocycles. The summed E-state index contributed by atoms with van der Waals surface area (Å²) in [6.07, 6.45) is 8.38. The molecule has 0 amide bonds. The predicted octanol–water partition coefficient (Wildman–Crippen LogP) is 5.11. The van der Waals surface area contributed by atoms with Crippen molar-refractivity contribution in [3.8, 4) is 0 Å². The first-order valence-corrected chi connectivity index (χ1v) is 7.20. The molecule has 0 saturated carbocycles. The maximum atomic E-state index is 4.50. The van der Waals surface area contributed by atoms with Gasteiger partial charge in [0, 0.05) is 18.1 Å². The van der Waals surface area contributed by atoms with E-state index in [4.69, 9.17) is 0 Å². The lowest BCUT2D eigenvalue weighted by Crippen LogP contribution is -1.88. The second-order valence-corrected chi connectivity index (χ2v) is 5.04. The van der Waals surface area contributed by atoms with Crippen LogP contribution in [-0.4, -0.2) is 6.21 Å². The first kappa shape index (κ1) is 13.4. The lowest BCUT2D eigenvalue weighted by atomic mass is 10.2. The maximum Gasteiger partial charge on any atom is 0.0629 e. The van der Waals surface area contributed by atoms with Crippen molar-refractivity contribution in [1.29, 1.82) is 0 Å². The Morgan fingerprint density at radius 1 is 0.857 bits per heavy atom. The van der Waals surface area contributed by atoms with Gasteiger partial charge in [0.2, 0.25) is 0 Å². The maximum absolute atomic E-state index is 4.50. The lowest BCUT2D eigenvalue weighted by molar-refractivity contribution is 1.04. The third-order valence-electron chi connectivity index (χ3n) is 3.41. The Bertz CT molecular complexity index is 667. The molecule has 0 saturated heterocycles. The summed E-state index contributed by atoms with van der Waals surface area (Å²) < 4.78 is 0. The molecule has 2 aromatic rings. The van der Waals surface area contributed by atoms with Crippen LogP contribution in [0.15, 0.2) is 89.1 Å². The molecule has 0 bridgehead atoms. The second-order valence-electron chi connectivity index (χ2n) is 5.04. The van der Waals surface area contributed by atoms with Crippen LogP contribution in [0.2, 0.25) is 0 Å². The van der Waals surface area contributed by atoms with E-state index >= 15 is 0 Å². The largest absolute Gasteiger partial charge is 0.361 e. The van der Waals surface area contributed by atoms with Gasteiger partial charge in [-0.2, -0.15) is 0 Å². The number of allylic oxidation sites excluding steroid dienone is 3. The van der Waals surface area contributed by atoms with Gasteiger partial charge in [-0.1, -0.05) is 42.5 Å². The van der Waals surface area contributed by atoms with Crippen LogP contribution in [0.4, 0.5) is 11.4 Å². The Kier molecular flexibility index (Phi) is 4.27. The Hall–Kier alpha value is -2.61. The van der Waals surface area contributed by atoms with E-state index in [0.717, 1.165) is 24.2 Å². The standard InChI is InChI=1S/C19H18N2/c1-3-7-18(8-4-1)20-14-16-11-12-17(13-16)15-21-19-9-5-2-6-10-19/h1-10,13-15,20H,11-12H2/b16-14-,21-15?. The molecule has 2 aromatic carbocycles. The summed E-state index contributed by atoms with van der Waals surface area (Å²) in [5.74, 6) is 0. The fourth-order valence-electron chi connectivity index (χ4n) is 2.27. The highest BCUT2D eigenvalue weighted by Crippen LogP contribution is 2.23. The fourth-order valence-corrected chi connectivity index (χ4v) is 2.27. The SMILES string of the molecule is C(=Nc1ccccc1)C1=C/C(=C\Nc2ccccc2)CC1. The van der Waals surface area contributed by atoms with Crippen molar-refractivity contribution in [3.05, 3.63) is 84.1 Å². The minimum Gasteiger partial charge on any atom is -0.361 e. The number of nitrogens with zero attached hydrogens (tertiary/aromatic N) is 1. The summed E-state index contributed by atoms with van der Waals surface area (Å²) in [6, 6.07) is 20.2. The Labute approximate surface area is 125 Å². The summed E-state index contributed by atoms with van der Waals surface area (Å²) in [7, 11) is 0. The van der Waals surface area contributed by atoms with Gasteiger partial charge in [-0.3, -0.25) is 4.99 Å². The summed E-state index contributed by atoms with van der Waals surface area (Å²) in [5, 5.41) is 3.33. The quantitative estimate of drug-likeness (QED) is 0.770. The minimum atomic E-state index is 0.998. The Morgan fingerprint density at radius 3 is 2.33 bits per heavy atom. The molecule has 0 spiro atoms. The first-order valence-electron chi connectivity index (χ1n) is 7.20. The van der Waals surface area contributed by atoms with Gasteiger partial charge in [-0.25, -0.2) is 0 Å². The third kappa shape index (κ3) is 3.93. The molecule has 0 heterocycles. The number of hydrogen-bond acceptors (Lipinski definition) is 2. The number of aliphatic imine (C=N–C) groups is 1. The summed E-state index contributed by atoms with van der Waals surface area (Å²) >= 11 is 0. The highest BCUT2D eigenvalue weighted by atomic mass is 14.8. The molecular weight excluding hydrogens is 256 g/mol. The number of para-hydroxylation sites is 2. The van der Waals surface area contributed by atoms with Crippen LogP contribution >= 0.6 is 0 Å². The topological polar surface area (TPSA) is 24.4 Å². The summed E-state index contributed by atoms with van der Waals surface area (Å²) in [5.41, 5.74) is 4.70. The molecule has 1 aliphatic carbocycles. The summed E-state index contributed by atoms with van der Waals surface area (Å²) in [6.45, 7) is 0. The van der Waals surface area contributed by atoms with Gasteiger partial charge < -0.3 is 5.32 Å². The van der Waals surface area contributed by atoms with Gasteiger partial charge >= 0.3 is 0 Å². The molecular formula is C19H18N2. The number of anilines is 1. The highest BCUT2D eigenvalue weighted by Gasteiger charge is 2.07. The van der Waals surface area contributed by atoms with Crippen LogP contribution in [0, 0.1) is 0 Å². The molecule has 2 nitrogen and oxygen atoms in total.